The summed E-state index contributed by atoms with van der Waals surface area (Å²) in [6.07, 6.45) is -5.05. The van der Waals surface area contributed by atoms with Crippen molar-refractivity contribution in [1.29, 1.82) is 0 Å². The fourth-order valence-electron chi connectivity index (χ4n) is 1.16. The molecule has 5 nitrogen and oxygen atoms in total. The van der Waals surface area contributed by atoms with Gasteiger partial charge in [-0.25, -0.2) is 4.79 Å². The Morgan fingerprint density at radius 1 is 1.05 bits per heavy atom. The van der Waals surface area contributed by atoms with Gasteiger partial charge in [-0.1, -0.05) is 12.1 Å². The largest absolute Gasteiger partial charge is 0.478 e. The van der Waals surface area contributed by atoms with Crippen LogP contribution in [0.5, 0.6) is 0 Å². The highest BCUT2D eigenvalue weighted by Crippen LogP contribution is 2.14. The highest BCUT2D eigenvalue weighted by atomic mass is 19.4. The molecule has 0 spiro atoms. The molecule has 102 valence electrons. The lowest BCUT2D eigenvalue weighted by Gasteiger charge is -2.07. The van der Waals surface area contributed by atoms with Gasteiger partial charge < -0.3 is 10.4 Å². The highest BCUT2D eigenvalue weighted by Gasteiger charge is 2.38. The summed E-state index contributed by atoms with van der Waals surface area (Å²) in [5.41, 5.74) is -0.0525. The predicted octanol–water partition coefficient (Wildman–Crippen LogP) is 1.25. The molecule has 0 radical (unpaired) electrons. The van der Waals surface area contributed by atoms with Gasteiger partial charge >= 0.3 is 18.1 Å². The third-order valence-electron chi connectivity index (χ3n) is 2.12. The minimum Gasteiger partial charge on any atom is -0.478 e. The number of aromatic carboxylic acids is 1. The Kier molecular flexibility index (Phi) is 4.26. The van der Waals surface area contributed by atoms with Crippen molar-refractivity contribution in [3.8, 4) is 0 Å². The summed E-state index contributed by atoms with van der Waals surface area (Å²) in [5.74, 6) is -4.15. The summed E-state index contributed by atoms with van der Waals surface area (Å²) in [7, 11) is 0. The van der Waals surface area contributed by atoms with Crippen molar-refractivity contribution in [1.82, 2.24) is 5.32 Å². The average molecular weight is 275 g/mol. The van der Waals surface area contributed by atoms with E-state index in [0.717, 1.165) is 24.3 Å². The van der Waals surface area contributed by atoms with Gasteiger partial charge in [0.25, 0.3) is 0 Å². The molecule has 0 heterocycles. The zero-order chi connectivity index (χ0) is 14.6. The van der Waals surface area contributed by atoms with E-state index in [1.165, 1.54) is 5.32 Å². The van der Waals surface area contributed by atoms with Gasteiger partial charge in [0.2, 0.25) is 0 Å². The van der Waals surface area contributed by atoms with Gasteiger partial charge in [0, 0.05) is 5.56 Å². The predicted molar refractivity (Wildman–Crippen MR) is 56.8 cm³/mol. The third-order valence-corrected chi connectivity index (χ3v) is 2.12. The number of hydrogen-bond donors (Lipinski definition) is 2. The van der Waals surface area contributed by atoms with Crippen molar-refractivity contribution in [3.63, 3.8) is 0 Å². The molecule has 8 heteroatoms. The number of halogens is 3. The van der Waals surface area contributed by atoms with Gasteiger partial charge in [-0.15, -0.1) is 0 Å². The fourth-order valence-corrected chi connectivity index (χ4v) is 1.16. The van der Waals surface area contributed by atoms with Crippen molar-refractivity contribution >= 4 is 17.7 Å². The van der Waals surface area contributed by atoms with Crippen LogP contribution < -0.4 is 5.32 Å². The molecule has 0 aliphatic heterocycles. The van der Waals surface area contributed by atoms with Crippen molar-refractivity contribution in [2.75, 3.05) is 6.54 Å². The Morgan fingerprint density at radius 2 is 1.53 bits per heavy atom. The van der Waals surface area contributed by atoms with Crippen molar-refractivity contribution in [2.24, 2.45) is 0 Å². The van der Waals surface area contributed by atoms with E-state index in [2.05, 4.69) is 0 Å². The number of rotatable bonds is 4. The van der Waals surface area contributed by atoms with E-state index in [0.29, 0.717) is 0 Å². The van der Waals surface area contributed by atoms with E-state index in [1.54, 1.807) is 0 Å². The Labute approximate surface area is 105 Å². The SMILES string of the molecule is O=C(O)c1ccc(C(=O)CNC(=O)C(F)(F)F)cc1. The number of carboxylic acids is 1. The maximum absolute atomic E-state index is 11.9. The van der Waals surface area contributed by atoms with Gasteiger partial charge in [-0.05, 0) is 12.1 Å². The molecule has 0 aliphatic rings. The maximum Gasteiger partial charge on any atom is 0.471 e. The normalized spacial score (nSPS) is 10.9. The Hall–Kier alpha value is -2.38. The maximum atomic E-state index is 11.9. The topological polar surface area (TPSA) is 83.5 Å². The molecule has 0 aliphatic carbocycles. The molecule has 0 aromatic heterocycles. The van der Waals surface area contributed by atoms with Crippen LogP contribution in [0, 0.1) is 0 Å². The Balaban J connectivity index is 2.64. The number of carbonyl (C=O) groups is 3. The number of amides is 1. The second kappa shape index (κ2) is 5.51. The van der Waals surface area contributed by atoms with Crippen LogP contribution in [0.2, 0.25) is 0 Å². The van der Waals surface area contributed by atoms with Gasteiger partial charge in [0.1, 0.15) is 0 Å². The molecule has 1 amide bonds. The summed E-state index contributed by atoms with van der Waals surface area (Å²) >= 11 is 0. The lowest BCUT2D eigenvalue weighted by Crippen LogP contribution is -2.39. The van der Waals surface area contributed by atoms with Crippen LogP contribution in [0.15, 0.2) is 24.3 Å². The van der Waals surface area contributed by atoms with E-state index in [9.17, 15) is 27.6 Å². The summed E-state index contributed by atoms with van der Waals surface area (Å²) in [4.78, 5) is 32.4. The molecular weight excluding hydrogens is 267 g/mol. The van der Waals surface area contributed by atoms with Crippen molar-refractivity contribution in [3.05, 3.63) is 35.4 Å². The number of Topliss-reactive ketones (excluding diaryl/α,β-unsaturated/α-hetero) is 1. The first-order valence-electron chi connectivity index (χ1n) is 4.93. The molecule has 0 unspecified atom stereocenters. The third kappa shape index (κ3) is 4.09. The Morgan fingerprint density at radius 3 is 1.95 bits per heavy atom. The zero-order valence-electron chi connectivity index (χ0n) is 9.32. The van der Waals surface area contributed by atoms with E-state index >= 15 is 0 Å². The molecule has 1 rings (SSSR count). The number of carboxylic acid groups (broad SMARTS) is 1. The number of carbonyl (C=O) groups excluding carboxylic acids is 2. The molecule has 1 aromatic rings. The zero-order valence-corrected chi connectivity index (χ0v) is 9.32. The summed E-state index contributed by atoms with van der Waals surface area (Å²) in [5, 5.41) is 10.0. The number of hydrogen-bond acceptors (Lipinski definition) is 3. The van der Waals surface area contributed by atoms with Crippen LogP contribution in [0.25, 0.3) is 0 Å². The minimum atomic E-state index is -5.05. The second-order valence-corrected chi connectivity index (χ2v) is 3.49. The van der Waals surface area contributed by atoms with Crippen LogP contribution in [0.1, 0.15) is 20.7 Å². The smallest absolute Gasteiger partial charge is 0.471 e. The first kappa shape index (κ1) is 14.7. The molecule has 0 saturated heterocycles. The molecule has 1 aromatic carbocycles. The Bertz CT molecular complexity index is 508. The average Bonchev–Trinajstić information content (AvgIpc) is 2.34. The summed E-state index contributed by atoms with van der Waals surface area (Å²) < 4.78 is 35.6. The van der Waals surface area contributed by atoms with Gasteiger partial charge in [0.15, 0.2) is 5.78 Å². The lowest BCUT2D eigenvalue weighted by atomic mass is 10.1. The standard InChI is InChI=1S/C11H8F3NO4/c12-11(13,14)10(19)15-5-8(16)6-1-3-7(4-2-6)9(17)18/h1-4H,5H2,(H,15,19)(H,17,18). The fraction of sp³-hybridized carbons (Fsp3) is 0.182. The van der Waals surface area contributed by atoms with Gasteiger partial charge in [-0.3, -0.25) is 9.59 Å². The van der Waals surface area contributed by atoms with Crippen LogP contribution in [-0.4, -0.2) is 35.5 Å². The first-order valence-corrected chi connectivity index (χ1v) is 4.93. The molecule has 19 heavy (non-hydrogen) atoms. The second-order valence-electron chi connectivity index (χ2n) is 3.49. The number of benzene rings is 1. The van der Waals surface area contributed by atoms with Crippen molar-refractivity contribution < 1.29 is 32.7 Å². The van der Waals surface area contributed by atoms with Crippen LogP contribution in [-0.2, 0) is 4.79 Å². The molecule has 0 atom stereocenters. The molecule has 0 bridgehead atoms. The quantitative estimate of drug-likeness (QED) is 0.810. The van der Waals surface area contributed by atoms with E-state index in [1.807, 2.05) is 0 Å². The van der Waals surface area contributed by atoms with Gasteiger partial charge in [-0.2, -0.15) is 13.2 Å². The van der Waals surface area contributed by atoms with Crippen LogP contribution in [0.4, 0.5) is 13.2 Å². The summed E-state index contributed by atoms with van der Waals surface area (Å²) in [6, 6.07) is 4.60. The monoisotopic (exact) mass is 275 g/mol. The molecular formula is C11H8F3NO4. The highest BCUT2D eigenvalue weighted by molar-refractivity contribution is 6.00. The van der Waals surface area contributed by atoms with E-state index in [4.69, 9.17) is 5.11 Å². The number of ketones is 1. The van der Waals surface area contributed by atoms with Crippen molar-refractivity contribution in [2.45, 2.75) is 6.18 Å². The summed E-state index contributed by atoms with van der Waals surface area (Å²) in [6.45, 7) is -0.815. The minimum absolute atomic E-state index is 0.00692. The molecule has 0 fully saturated rings. The number of alkyl halides is 3. The van der Waals surface area contributed by atoms with E-state index in [-0.39, 0.29) is 11.1 Å². The van der Waals surface area contributed by atoms with Crippen LogP contribution >= 0.6 is 0 Å². The molecule has 0 saturated carbocycles. The number of nitrogens with one attached hydrogen (secondary N) is 1. The van der Waals surface area contributed by atoms with Gasteiger partial charge in [0.05, 0.1) is 12.1 Å². The van der Waals surface area contributed by atoms with Crippen LogP contribution in [0.3, 0.4) is 0 Å². The lowest BCUT2D eigenvalue weighted by molar-refractivity contribution is -0.173. The van der Waals surface area contributed by atoms with E-state index < -0.39 is 30.4 Å². The molecule has 2 N–H and O–H groups in total. The first-order chi connectivity index (χ1) is 8.71.